The molecule has 0 N–H and O–H groups in total. The van der Waals surface area contributed by atoms with Crippen LogP contribution in [0.5, 0.6) is 0 Å². The zero-order valence-corrected chi connectivity index (χ0v) is 9.19. The second kappa shape index (κ2) is 11.4. The van der Waals surface area contributed by atoms with Gasteiger partial charge >= 0.3 is 0 Å². The fraction of sp³-hybridized carbons (Fsp3) is 1.00. The number of halogens is 4. The van der Waals surface area contributed by atoms with Crippen molar-refractivity contribution < 1.29 is 0 Å². The summed E-state index contributed by atoms with van der Waals surface area (Å²) in [6, 6.07) is 0. The van der Waals surface area contributed by atoms with Crippen molar-refractivity contribution in [2.75, 3.05) is 10.7 Å². The van der Waals surface area contributed by atoms with Gasteiger partial charge < -0.3 is 0 Å². The van der Waals surface area contributed by atoms with Gasteiger partial charge in [-0.3, -0.25) is 0 Å². The molecule has 0 aromatic heterocycles. The maximum Gasteiger partial charge on any atom is 0.0778 e. The molecule has 1 unspecified atom stereocenters. The molecule has 1 atom stereocenters. The van der Waals surface area contributed by atoms with Crippen molar-refractivity contribution in [3.63, 3.8) is 0 Å². The number of hydrogen-bond acceptors (Lipinski definition) is 0. The summed E-state index contributed by atoms with van der Waals surface area (Å²) in [5.41, 5.74) is 0. The smallest absolute Gasteiger partial charge is 0.0778 e. The first-order chi connectivity index (χ1) is 3.68. The Morgan fingerprint density at radius 1 is 1.50 bits per heavy atom. The molecule has 0 amide bonds. The van der Waals surface area contributed by atoms with Gasteiger partial charge in [0, 0.05) is 10.7 Å². The van der Waals surface area contributed by atoms with E-state index in [0.717, 1.165) is 0 Å². The van der Waals surface area contributed by atoms with Gasteiger partial charge in [-0.2, -0.15) is 0 Å². The van der Waals surface area contributed by atoms with Crippen LogP contribution in [0.1, 0.15) is 6.92 Å². The summed E-state index contributed by atoms with van der Waals surface area (Å²) in [6.07, 6.45) is 0. The molecule has 52 valence electrons. The maximum atomic E-state index is 5.29. The molecule has 0 aliphatic carbocycles. The Morgan fingerprint density at radius 2 is 1.62 bits per heavy atom. The summed E-state index contributed by atoms with van der Waals surface area (Å²) in [4.78, 5) is 0.997. The van der Waals surface area contributed by atoms with Gasteiger partial charge in [-0.05, 0) is 0 Å². The van der Waals surface area contributed by atoms with Crippen LogP contribution in [0.4, 0.5) is 0 Å². The Kier molecular flexibility index (Phi) is 17.4. The molecule has 0 bridgehead atoms. The van der Waals surface area contributed by atoms with Crippen LogP contribution in [0.3, 0.4) is 0 Å². The van der Waals surface area contributed by atoms with E-state index in [1.165, 1.54) is 0 Å². The lowest BCUT2D eigenvalue weighted by atomic mass is 10.6. The Hall–Kier alpha value is 1.54. The highest BCUT2D eigenvalue weighted by Gasteiger charge is 1.84. The lowest BCUT2D eigenvalue weighted by molar-refractivity contribution is 1.15. The monoisotopic (exact) mass is 284 g/mol. The average molecular weight is 287 g/mol. The third kappa shape index (κ3) is 25.7. The fourth-order valence-corrected chi connectivity index (χ4v) is 0. The Morgan fingerprint density at radius 3 is 1.62 bits per heavy atom. The molecule has 0 heterocycles. The summed E-state index contributed by atoms with van der Waals surface area (Å²) in [5.74, 6) is 0.694. The molecule has 0 spiro atoms. The Bertz CT molecular complexity index is 33.2. The molecule has 0 aliphatic rings. The molecule has 0 aromatic rings. The lowest BCUT2D eigenvalue weighted by Crippen LogP contribution is -1.86. The zero-order valence-electron chi connectivity index (χ0n) is 4.50. The molecule has 0 fully saturated rings. The van der Waals surface area contributed by atoms with Gasteiger partial charge in [0.2, 0.25) is 0 Å². The van der Waals surface area contributed by atoms with Gasteiger partial charge in [0.05, 0.1) is 4.79 Å². The normalized spacial score (nSPS) is 11.6. The van der Waals surface area contributed by atoms with Crippen molar-refractivity contribution in [2.24, 2.45) is 0 Å². The van der Waals surface area contributed by atoms with Crippen molar-refractivity contribution in [1.82, 2.24) is 0 Å². The third-order valence-electron chi connectivity index (χ3n) is 0.213. The van der Waals surface area contributed by atoms with Crippen LogP contribution in [0.2, 0.25) is 0 Å². The van der Waals surface area contributed by atoms with E-state index in [4.69, 9.17) is 23.2 Å². The minimum atomic E-state index is 0.462. The number of rotatable bonds is 1. The standard InChI is InChI=1S/C3H6BrCl.CH2BrCl/c1-3(4)2-5;2-1-3/h3H,2H2,1H3;1H2. The van der Waals surface area contributed by atoms with E-state index in [0.29, 0.717) is 15.5 Å². The first kappa shape index (κ1) is 12.2. The highest BCUT2D eigenvalue weighted by atomic mass is 79.9. The summed E-state index contributed by atoms with van der Waals surface area (Å²) in [5, 5.41) is 0. The zero-order chi connectivity index (χ0) is 6.99. The van der Waals surface area contributed by atoms with E-state index in [1.807, 2.05) is 6.92 Å². The summed E-state index contributed by atoms with van der Waals surface area (Å²) < 4.78 is 0. The molecule has 0 rings (SSSR count). The van der Waals surface area contributed by atoms with Crippen LogP contribution in [-0.4, -0.2) is 15.5 Å². The van der Waals surface area contributed by atoms with Crippen molar-refractivity contribution in [3.05, 3.63) is 0 Å². The molecular weight excluding hydrogens is 279 g/mol. The van der Waals surface area contributed by atoms with E-state index in [9.17, 15) is 0 Å². The topological polar surface area (TPSA) is 0 Å². The van der Waals surface area contributed by atoms with Crippen LogP contribution in [0.15, 0.2) is 0 Å². The third-order valence-corrected chi connectivity index (χ3v) is 1.37. The molecule has 8 heavy (non-hydrogen) atoms. The van der Waals surface area contributed by atoms with Gasteiger partial charge in [0.15, 0.2) is 0 Å². The minimum Gasteiger partial charge on any atom is -0.126 e. The Balaban J connectivity index is 0. The average Bonchev–Trinajstić information content (AvgIpc) is 1.69. The fourth-order valence-electron chi connectivity index (χ4n) is 0. The number of alkyl halides is 4. The minimum absolute atomic E-state index is 0.462. The van der Waals surface area contributed by atoms with Crippen LogP contribution in [0, 0.1) is 0 Å². The molecule has 0 aliphatic heterocycles. The highest BCUT2D eigenvalue weighted by Crippen LogP contribution is 1.97. The second-order valence-electron chi connectivity index (χ2n) is 1.04. The summed E-state index contributed by atoms with van der Waals surface area (Å²) >= 11 is 16.4. The van der Waals surface area contributed by atoms with Gasteiger partial charge in [-0.15, -0.1) is 23.2 Å². The molecule has 0 saturated heterocycles. The summed E-state index contributed by atoms with van der Waals surface area (Å²) in [7, 11) is 0. The SMILES string of the molecule is CC(Br)CCl.ClCBr. The molecule has 4 heteroatoms. The molecule has 0 nitrogen and oxygen atoms in total. The van der Waals surface area contributed by atoms with Gasteiger partial charge in [-0.25, -0.2) is 0 Å². The highest BCUT2D eigenvalue weighted by molar-refractivity contribution is 9.09. The van der Waals surface area contributed by atoms with Crippen LogP contribution in [0.25, 0.3) is 0 Å². The van der Waals surface area contributed by atoms with Crippen LogP contribution < -0.4 is 0 Å². The second-order valence-corrected chi connectivity index (χ2v) is 4.38. The largest absolute Gasteiger partial charge is 0.126 e. The van der Waals surface area contributed by atoms with Crippen molar-refractivity contribution in [2.45, 2.75) is 11.8 Å². The maximum absolute atomic E-state index is 5.29. The van der Waals surface area contributed by atoms with Crippen molar-refractivity contribution >= 4 is 55.1 Å². The molecule has 0 radical (unpaired) electrons. The van der Waals surface area contributed by atoms with Gasteiger partial charge in [0.1, 0.15) is 0 Å². The van der Waals surface area contributed by atoms with Crippen LogP contribution >= 0.6 is 55.1 Å². The predicted molar refractivity (Wildman–Crippen MR) is 48.8 cm³/mol. The van der Waals surface area contributed by atoms with E-state index in [1.54, 1.807) is 0 Å². The van der Waals surface area contributed by atoms with E-state index in [2.05, 4.69) is 31.9 Å². The Labute approximate surface area is 77.2 Å². The first-order valence-electron chi connectivity index (χ1n) is 2.01. The molecule has 0 saturated carbocycles. The first-order valence-corrected chi connectivity index (χ1v) is 5.11. The molecule has 0 aromatic carbocycles. The molecular formula is C4H8Br2Cl2. The van der Waals surface area contributed by atoms with Gasteiger partial charge in [-0.1, -0.05) is 38.8 Å². The van der Waals surface area contributed by atoms with E-state index >= 15 is 0 Å². The lowest BCUT2D eigenvalue weighted by Gasteiger charge is -1.86. The quantitative estimate of drug-likeness (QED) is 0.646. The van der Waals surface area contributed by atoms with E-state index < -0.39 is 0 Å². The van der Waals surface area contributed by atoms with Crippen LogP contribution in [-0.2, 0) is 0 Å². The predicted octanol–water partition coefficient (Wildman–Crippen LogP) is 3.59. The van der Waals surface area contributed by atoms with Crippen molar-refractivity contribution in [3.8, 4) is 0 Å². The van der Waals surface area contributed by atoms with E-state index in [-0.39, 0.29) is 0 Å². The van der Waals surface area contributed by atoms with Crippen molar-refractivity contribution in [1.29, 1.82) is 0 Å². The van der Waals surface area contributed by atoms with Gasteiger partial charge in [0.25, 0.3) is 0 Å². The summed E-state index contributed by atoms with van der Waals surface area (Å²) in [6.45, 7) is 2.01. The number of hydrogen-bond donors (Lipinski definition) is 0.